The molecule has 0 aliphatic heterocycles. The molecule has 0 radical (unpaired) electrons. The van der Waals surface area contributed by atoms with Crippen LogP contribution in [-0.2, 0) is 19.3 Å². The lowest BCUT2D eigenvalue weighted by atomic mass is 10.2. The zero-order chi connectivity index (χ0) is 11.7. The SMILES string of the molecule is COCCOCCS(=O)(=O)CC(C)CN. The largest absolute Gasteiger partial charge is 0.382 e. The van der Waals surface area contributed by atoms with Crippen LogP contribution in [0.25, 0.3) is 0 Å². The lowest BCUT2D eigenvalue weighted by Gasteiger charge is -2.09. The molecule has 0 fully saturated rings. The van der Waals surface area contributed by atoms with Crippen molar-refractivity contribution in [2.75, 3.05) is 45.0 Å². The average molecular weight is 239 g/mol. The second-order valence-corrected chi connectivity index (χ2v) is 5.79. The van der Waals surface area contributed by atoms with Gasteiger partial charge in [-0.3, -0.25) is 0 Å². The van der Waals surface area contributed by atoms with Crippen LogP contribution in [0.1, 0.15) is 6.92 Å². The van der Waals surface area contributed by atoms with Gasteiger partial charge in [0.25, 0.3) is 0 Å². The molecule has 6 heteroatoms. The van der Waals surface area contributed by atoms with Crippen LogP contribution in [0, 0.1) is 5.92 Å². The maximum Gasteiger partial charge on any atom is 0.152 e. The van der Waals surface area contributed by atoms with Gasteiger partial charge >= 0.3 is 0 Å². The van der Waals surface area contributed by atoms with E-state index in [0.29, 0.717) is 19.8 Å². The Labute approximate surface area is 91.9 Å². The third-order valence-electron chi connectivity index (χ3n) is 1.91. The summed E-state index contributed by atoms with van der Waals surface area (Å²) in [6, 6.07) is 0. The molecule has 0 amide bonds. The van der Waals surface area contributed by atoms with Crippen molar-refractivity contribution in [1.82, 2.24) is 0 Å². The fourth-order valence-electron chi connectivity index (χ4n) is 1.02. The summed E-state index contributed by atoms with van der Waals surface area (Å²) in [7, 11) is -1.45. The van der Waals surface area contributed by atoms with E-state index in [1.54, 1.807) is 7.11 Å². The molecule has 0 aromatic carbocycles. The summed E-state index contributed by atoms with van der Waals surface area (Å²) in [4.78, 5) is 0. The van der Waals surface area contributed by atoms with Crippen molar-refractivity contribution in [1.29, 1.82) is 0 Å². The third-order valence-corrected chi connectivity index (χ3v) is 3.78. The fraction of sp³-hybridized carbons (Fsp3) is 1.00. The van der Waals surface area contributed by atoms with Gasteiger partial charge in [0.1, 0.15) is 0 Å². The molecule has 15 heavy (non-hydrogen) atoms. The zero-order valence-electron chi connectivity index (χ0n) is 9.44. The normalized spacial score (nSPS) is 14.1. The molecular formula is C9H21NO4S. The summed E-state index contributed by atoms with van der Waals surface area (Å²) in [5.74, 6) is 0.201. The molecule has 0 aliphatic carbocycles. The highest BCUT2D eigenvalue weighted by Crippen LogP contribution is 2.00. The van der Waals surface area contributed by atoms with Gasteiger partial charge in [-0.25, -0.2) is 8.42 Å². The van der Waals surface area contributed by atoms with Gasteiger partial charge in [-0.15, -0.1) is 0 Å². The molecule has 0 saturated carbocycles. The summed E-state index contributed by atoms with van der Waals surface area (Å²) < 4.78 is 32.8. The molecule has 0 aliphatic rings. The molecule has 0 bridgehead atoms. The lowest BCUT2D eigenvalue weighted by Crippen LogP contribution is -2.24. The first kappa shape index (κ1) is 14.8. The summed E-state index contributed by atoms with van der Waals surface area (Å²) in [6.07, 6.45) is 0. The topological polar surface area (TPSA) is 78.6 Å². The van der Waals surface area contributed by atoms with Crippen molar-refractivity contribution in [3.05, 3.63) is 0 Å². The van der Waals surface area contributed by atoms with Crippen LogP contribution in [0.4, 0.5) is 0 Å². The van der Waals surface area contributed by atoms with E-state index in [4.69, 9.17) is 15.2 Å². The molecule has 2 N–H and O–H groups in total. The molecule has 0 saturated heterocycles. The first-order valence-electron chi connectivity index (χ1n) is 4.99. The Bertz CT molecular complexity index is 240. The van der Waals surface area contributed by atoms with Crippen LogP contribution >= 0.6 is 0 Å². The maximum atomic E-state index is 11.5. The predicted octanol–water partition coefficient (Wildman–Crippen LogP) is -0.341. The van der Waals surface area contributed by atoms with Crippen LogP contribution in [0.3, 0.4) is 0 Å². The smallest absolute Gasteiger partial charge is 0.152 e. The number of rotatable bonds is 9. The molecule has 1 unspecified atom stereocenters. The van der Waals surface area contributed by atoms with E-state index in [9.17, 15) is 8.42 Å². The second-order valence-electron chi connectivity index (χ2n) is 3.56. The third kappa shape index (κ3) is 8.80. The number of methoxy groups -OCH3 is 1. The Morgan fingerprint density at radius 2 is 1.93 bits per heavy atom. The van der Waals surface area contributed by atoms with Gasteiger partial charge in [-0.2, -0.15) is 0 Å². The first-order valence-corrected chi connectivity index (χ1v) is 6.81. The number of ether oxygens (including phenoxy) is 2. The summed E-state index contributed by atoms with van der Waals surface area (Å²) in [5, 5.41) is 0. The zero-order valence-corrected chi connectivity index (χ0v) is 10.3. The van der Waals surface area contributed by atoms with Gasteiger partial charge < -0.3 is 15.2 Å². The molecule has 92 valence electrons. The number of sulfone groups is 1. The van der Waals surface area contributed by atoms with Gasteiger partial charge in [0.2, 0.25) is 0 Å². The summed E-state index contributed by atoms with van der Waals surface area (Å²) in [6.45, 7) is 3.35. The van der Waals surface area contributed by atoms with Gasteiger partial charge in [-0.05, 0) is 12.5 Å². The average Bonchev–Trinajstić information content (AvgIpc) is 2.16. The number of hydrogen-bond donors (Lipinski definition) is 1. The van der Waals surface area contributed by atoms with Gasteiger partial charge in [0, 0.05) is 7.11 Å². The first-order chi connectivity index (χ1) is 7.02. The Hall–Kier alpha value is -0.170. The van der Waals surface area contributed by atoms with Crippen LogP contribution in [0.2, 0.25) is 0 Å². The Morgan fingerprint density at radius 1 is 1.27 bits per heavy atom. The highest BCUT2D eigenvalue weighted by molar-refractivity contribution is 7.91. The van der Waals surface area contributed by atoms with Crippen molar-refractivity contribution in [2.45, 2.75) is 6.92 Å². The van der Waals surface area contributed by atoms with Crippen molar-refractivity contribution < 1.29 is 17.9 Å². The monoisotopic (exact) mass is 239 g/mol. The van der Waals surface area contributed by atoms with Crippen molar-refractivity contribution in [3.63, 3.8) is 0 Å². The van der Waals surface area contributed by atoms with E-state index in [2.05, 4.69) is 0 Å². The molecule has 0 spiro atoms. The highest BCUT2D eigenvalue weighted by atomic mass is 32.2. The van der Waals surface area contributed by atoms with Crippen LogP contribution in [-0.4, -0.2) is 53.4 Å². The molecular weight excluding hydrogens is 218 g/mol. The molecule has 0 heterocycles. The molecule has 0 rings (SSSR count). The predicted molar refractivity (Wildman–Crippen MR) is 59.6 cm³/mol. The van der Waals surface area contributed by atoms with E-state index in [1.807, 2.05) is 6.92 Å². The Morgan fingerprint density at radius 3 is 2.47 bits per heavy atom. The number of hydrogen-bond acceptors (Lipinski definition) is 5. The summed E-state index contributed by atoms with van der Waals surface area (Å²) in [5.41, 5.74) is 5.36. The van der Waals surface area contributed by atoms with Crippen molar-refractivity contribution in [3.8, 4) is 0 Å². The second kappa shape index (κ2) is 8.04. The highest BCUT2D eigenvalue weighted by Gasteiger charge is 2.14. The lowest BCUT2D eigenvalue weighted by molar-refractivity contribution is 0.0785. The van der Waals surface area contributed by atoms with Gasteiger partial charge in [-0.1, -0.05) is 6.92 Å². The fourth-order valence-corrected chi connectivity index (χ4v) is 2.56. The minimum Gasteiger partial charge on any atom is -0.382 e. The minimum absolute atomic E-state index is 0.00831. The Balaban J connectivity index is 3.65. The Kier molecular flexibility index (Phi) is 7.95. The molecule has 0 aromatic heterocycles. The molecule has 5 nitrogen and oxygen atoms in total. The van der Waals surface area contributed by atoms with Gasteiger partial charge in [0.05, 0.1) is 31.3 Å². The van der Waals surface area contributed by atoms with Crippen molar-refractivity contribution >= 4 is 9.84 Å². The molecule has 1 atom stereocenters. The molecule has 0 aromatic rings. The maximum absolute atomic E-state index is 11.5. The van der Waals surface area contributed by atoms with E-state index >= 15 is 0 Å². The quantitative estimate of drug-likeness (QED) is 0.557. The van der Waals surface area contributed by atoms with E-state index in [1.165, 1.54) is 0 Å². The van der Waals surface area contributed by atoms with Gasteiger partial charge in [0.15, 0.2) is 9.84 Å². The van der Waals surface area contributed by atoms with Crippen molar-refractivity contribution in [2.24, 2.45) is 11.7 Å². The van der Waals surface area contributed by atoms with E-state index in [-0.39, 0.29) is 24.0 Å². The van der Waals surface area contributed by atoms with Crippen LogP contribution < -0.4 is 5.73 Å². The van der Waals surface area contributed by atoms with Crippen LogP contribution in [0.15, 0.2) is 0 Å². The van der Waals surface area contributed by atoms with E-state index in [0.717, 1.165) is 0 Å². The standard InChI is InChI=1S/C9H21NO4S/c1-9(7-10)8-15(11,12)6-5-14-4-3-13-2/h9H,3-8,10H2,1-2H3. The summed E-state index contributed by atoms with van der Waals surface area (Å²) >= 11 is 0. The minimum atomic E-state index is -3.03. The van der Waals surface area contributed by atoms with E-state index < -0.39 is 9.84 Å². The van der Waals surface area contributed by atoms with Crippen LogP contribution in [0.5, 0.6) is 0 Å². The number of nitrogens with two attached hydrogens (primary N) is 1.